The summed E-state index contributed by atoms with van der Waals surface area (Å²) in [6.07, 6.45) is 3.50. The molecule has 15 nitrogen and oxygen atoms in total. The minimum Gasteiger partial charge on any atom is -0.493 e. The van der Waals surface area contributed by atoms with Gasteiger partial charge in [0.05, 0.1) is 63.4 Å². The van der Waals surface area contributed by atoms with Crippen molar-refractivity contribution in [2.75, 3.05) is 30.3 Å². The standard InChI is InChI=1S/C23H24N4O3S.C13H12N4.C10H13ClO3S.C10H14O.CH4/c1-16(2)15-30-18-9-11-19(12-10-18)31(28,29)26-23-14-17(3)25-27(23)22-8-4-7-21-20(22)6-5-13-24-21;1-9-8-13(14)17(16-9)12-6-2-5-11-10(12)4-3-7-15-11;1-8(2)7-14-9-3-5-10(6-4-9)15(11,12)13;1-9(2)8-11-10-6-4-3-5-7-10;/h4-14,16,26H,15H2,1-3H3;2-8H,14H2,1H3;3-6,8H,7H2,1-2H3;3-7,9H,8H2,1-2H3;1H4. The largest absolute Gasteiger partial charge is 0.493 e. The first-order valence-corrected chi connectivity index (χ1v) is 27.7. The summed E-state index contributed by atoms with van der Waals surface area (Å²) >= 11 is 0. The fourth-order valence-electron chi connectivity index (χ4n) is 6.93. The summed E-state index contributed by atoms with van der Waals surface area (Å²) in [5.74, 6) is 4.65. The van der Waals surface area contributed by atoms with Gasteiger partial charge in [-0.1, -0.05) is 79.3 Å². The Morgan fingerprint density at radius 2 is 0.960 bits per heavy atom. The second-order valence-corrected chi connectivity index (χ2v) is 22.6. The average Bonchev–Trinajstić information content (AvgIpc) is 3.92. The van der Waals surface area contributed by atoms with Crippen LogP contribution in [0, 0.1) is 31.6 Å². The highest BCUT2D eigenvalue weighted by Gasteiger charge is 2.20. The van der Waals surface area contributed by atoms with Crippen LogP contribution in [0.1, 0.15) is 60.4 Å². The van der Waals surface area contributed by atoms with E-state index >= 15 is 0 Å². The van der Waals surface area contributed by atoms with Gasteiger partial charge in [-0.3, -0.25) is 14.7 Å². The average molecular weight is 1080 g/mol. The second kappa shape index (κ2) is 27.2. The Kier molecular flexibility index (Phi) is 21.2. The van der Waals surface area contributed by atoms with E-state index in [1.807, 2.05) is 125 Å². The number of benzene rings is 5. The van der Waals surface area contributed by atoms with E-state index in [0.29, 0.717) is 59.8 Å². The van der Waals surface area contributed by atoms with Gasteiger partial charge in [0.15, 0.2) is 0 Å². The molecule has 9 rings (SSSR count). The van der Waals surface area contributed by atoms with Crippen molar-refractivity contribution >= 4 is 63.2 Å². The molecule has 9 aromatic rings. The predicted octanol–water partition coefficient (Wildman–Crippen LogP) is 12.9. The van der Waals surface area contributed by atoms with E-state index in [9.17, 15) is 16.8 Å². The van der Waals surface area contributed by atoms with E-state index in [0.717, 1.165) is 51.2 Å². The minimum atomic E-state index is -3.81. The topological polar surface area (TPSA) is 195 Å². The number of rotatable bonds is 15. The van der Waals surface area contributed by atoms with Gasteiger partial charge in [-0.2, -0.15) is 10.2 Å². The monoisotopic (exact) mass is 1070 g/mol. The van der Waals surface area contributed by atoms with Crippen LogP contribution in [0.5, 0.6) is 17.2 Å². The molecule has 0 fully saturated rings. The lowest BCUT2D eigenvalue weighted by Crippen LogP contribution is -2.16. The molecule has 0 amide bonds. The molecule has 0 saturated heterocycles. The van der Waals surface area contributed by atoms with Crippen LogP contribution in [0.25, 0.3) is 33.2 Å². The van der Waals surface area contributed by atoms with E-state index in [1.54, 1.807) is 52.1 Å². The van der Waals surface area contributed by atoms with Gasteiger partial charge in [-0.05, 0) is 141 Å². The zero-order valence-corrected chi connectivity index (χ0v) is 45.1. The van der Waals surface area contributed by atoms with Gasteiger partial charge in [0, 0.05) is 46.0 Å². The number of anilines is 2. The number of halogens is 1. The lowest BCUT2D eigenvalue weighted by Gasteiger charge is -2.13. The lowest BCUT2D eigenvalue weighted by molar-refractivity contribution is 0.271. The van der Waals surface area contributed by atoms with Crippen LogP contribution in [-0.4, -0.2) is 66.2 Å². The van der Waals surface area contributed by atoms with Gasteiger partial charge in [0.25, 0.3) is 19.1 Å². The lowest BCUT2D eigenvalue weighted by atomic mass is 10.2. The number of sulfonamides is 1. The van der Waals surface area contributed by atoms with Crippen molar-refractivity contribution in [2.24, 2.45) is 17.8 Å². The van der Waals surface area contributed by atoms with Gasteiger partial charge in [-0.15, -0.1) is 0 Å². The summed E-state index contributed by atoms with van der Waals surface area (Å²) in [4.78, 5) is 8.92. The Morgan fingerprint density at radius 1 is 0.533 bits per heavy atom. The summed E-state index contributed by atoms with van der Waals surface area (Å²) < 4.78 is 70.4. The minimum absolute atomic E-state index is 0. The summed E-state index contributed by atoms with van der Waals surface area (Å²) in [5.41, 5.74) is 11.0. The first kappa shape index (κ1) is 58.4. The number of pyridine rings is 2. The van der Waals surface area contributed by atoms with Crippen LogP contribution >= 0.6 is 10.7 Å². The summed E-state index contributed by atoms with van der Waals surface area (Å²) in [5, 5.41) is 10.8. The van der Waals surface area contributed by atoms with E-state index in [2.05, 4.69) is 52.6 Å². The summed E-state index contributed by atoms with van der Waals surface area (Å²) in [6.45, 7) is 18.2. The maximum atomic E-state index is 13.0. The Bertz CT molecular complexity index is 3430. The zero-order chi connectivity index (χ0) is 53.4. The normalized spacial score (nSPS) is 11.1. The third kappa shape index (κ3) is 17.3. The maximum absolute atomic E-state index is 13.0. The first-order valence-electron chi connectivity index (χ1n) is 24.0. The molecule has 0 spiro atoms. The molecule has 0 bridgehead atoms. The van der Waals surface area contributed by atoms with Gasteiger partial charge in [-0.25, -0.2) is 26.2 Å². The van der Waals surface area contributed by atoms with Crippen molar-refractivity contribution in [3.05, 3.63) is 175 Å². The van der Waals surface area contributed by atoms with E-state index in [4.69, 9.17) is 30.6 Å². The molecular weight excluding hydrogens is 1010 g/mol. The molecule has 0 atom stereocenters. The molecule has 396 valence electrons. The molecule has 75 heavy (non-hydrogen) atoms. The highest BCUT2D eigenvalue weighted by molar-refractivity contribution is 8.13. The molecule has 0 aliphatic heterocycles. The molecule has 0 aliphatic rings. The number of para-hydroxylation sites is 1. The number of fused-ring (bicyclic) bond motifs is 2. The van der Waals surface area contributed by atoms with Crippen LogP contribution in [0.15, 0.2) is 174 Å². The number of aromatic nitrogens is 6. The van der Waals surface area contributed by atoms with Gasteiger partial charge >= 0.3 is 0 Å². The summed E-state index contributed by atoms with van der Waals surface area (Å²) in [6, 6.07) is 45.2. The number of nitrogen functional groups attached to an aromatic ring is 1. The van der Waals surface area contributed by atoms with Crippen molar-refractivity contribution in [2.45, 2.75) is 72.6 Å². The van der Waals surface area contributed by atoms with E-state index in [-0.39, 0.29) is 17.2 Å². The number of aryl methyl sites for hydroxylation is 2. The van der Waals surface area contributed by atoms with Crippen LogP contribution in [0.3, 0.4) is 0 Å². The molecule has 0 saturated carbocycles. The Morgan fingerprint density at radius 3 is 1.40 bits per heavy atom. The van der Waals surface area contributed by atoms with Crippen molar-refractivity contribution < 1.29 is 31.0 Å². The quantitative estimate of drug-likeness (QED) is 0.0923. The number of ether oxygens (including phenoxy) is 3. The molecule has 5 aromatic carbocycles. The number of nitrogens with two attached hydrogens (primary N) is 1. The highest BCUT2D eigenvalue weighted by Crippen LogP contribution is 2.28. The van der Waals surface area contributed by atoms with Gasteiger partial charge < -0.3 is 19.9 Å². The highest BCUT2D eigenvalue weighted by atomic mass is 35.7. The third-order valence-corrected chi connectivity index (χ3v) is 13.1. The fourth-order valence-corrected chi connectivity index (χ4v) is 8.73. The summed E-state index contributed by atoms with van der Waals surface area (Å²) in [7, 11) is -2.28. The molecule has 0 unspecified atom stereocenters. The first-order chi connectivity index (χ1) is 35.3. The maximum Gasteiger partial charge on any atom is 0.263 e. The van der Waals surface area contributed by atoms with Crippen molar-refractivity contribution in [1.29, 1.82) is 0 Å². The second-order valence-electron chi connectivity index (χ2n) is 18.3. The van der Waals surface area contributed by atoms with Crippen molar-refractivity contribution in [3.63, 3.8) is 0 Å². The Labute approximate surface area is 446 Å². The Hall–Kier alpha value is -7.47. The number of nitrogens with zero attached hydrogens (tertiary/aromatic N) is 6. The SMILES string of the molecule is C.CC(C)COc1ccc(S(=O)(=O)Cl)cc1.CC(C)COc1ccccc1.Cc1cc(N)n(-c2cccc3ncccc23)n1.Cc1cc(NS(=O)(=O)c2ccc(OCC(C)C)cc2)n(-c2cccc3ncccc23)n1. The van der Waals surface area contributed by atoms with Crippen LogP contribution in [0.2, 0.25) is 0 Å². The predicted molar refractivity (Wildman–Crippen MR) is 303 cm³/mol. The molecule has 3 N–H and O–H groups in total. The van der Waals surface area contributed by atoms with Crippen molar-refractivity contribution in [3.8, 4) is 28.6 Å². The molecular formula is C57H67ClN8O7S2. The molecule has 4 heterocycles. The van der Waals surface area contributed by atoms with E-state index < -0.39 is 19.1 Å². The molecule has 0 radical (unpaired) electrons. The third-order valence-electron chi connectivity index (χ3n) is 10.4. The zero-order valence-electron chi connectivity index (χ0n) is 42.8. The van der Waals surface area contributed by atoms with Crippen LogP contribution in [0.4, 0.5) is 11.6 Å². The number of nitrogens with one attached hydrogen (secondary N) is 1. The van der Waals surface area contributed by atoms with Gasteiger partial charge in [0.1, 0.15) is 28.9 Å². The number of hydrogen-bond donors (Lipinski definition) is 2. The van der Waals surface area contributed by atoms with Crippen LogP contribution < -0.4 is 24.7 Å². The number of hydrogen-bond acceptors (Lipinski definition) is 12. The van der Waals surface area contributed by atoms with Gasteiger partial charge in [0.2, 0.25) is 0 Å². The van der Waals surface area contributed by atoms with E-state index in [1.165, 1.54) is 24.3 Å². The van der Waals surface area contributed by atoms with Crippen molar-refractivity contribution in [1.82, 2.24) is 29.5 Å². The fraction of sp³-hybridized carbons (Fsp3) is 0.263. The smallest absolute Gasteiger partial charge is 0.263 e. The molecule has 4 aromatic heterocycles. The molecule has 0 aliphatic carbocycles. The molecule has 18 heteroatoms. The van der Waals surface area contributed by atoms with Crippen LogP contribution in [-0.2, 0) is 19.1 Å². The Balaban J connectivity index is 0.000000200.